The molecule has 1 aliphatic carbocycles. The normalized spacial score (nSPS) is 18.5. The molecule has 0 radical (unpaired) electrons. The second-order valence-electron chi connectivity index (χ2n) is 5.87. The standard InChI is InChI=1S/C14H24N2O2S2/c1-3-15-9-12-8-13(10-19-12)20(17,18)16-11-14(2)6-4-5-7-14/h8,10,15-16H,3-7,9,11H2,1-2H3. The van der Waals surface area contributed by atoms with Gasteiger partial charge in [-0.05, 0) is 30.9 Å². The van der Waals surface area contributed by atoms with Gasteiger partial charge in [0.15, 0.2) is 0 Å². The number of nitrogens with one attached hydrogen (secondary N) is 2. The van der Waals surface area contributed by atoms with E-state index >= 15 is 0 Å². The van der Waals surface area contributed by atoms with Crippen LogP contribution in [0.15, 0.2) is 16.3 Å². The Morgan fingerprint density at radius 3 is 2.70 bits per heavy atom. The van der Waals surface area contributed by atoms with E-state index in [2.05, 4.69) is 17.0 Å². The van der Waals surface area contributed by atoms with E-state index in [1.807, 2.05) is 6.92 Å². The molecule has 20 heavy (non-hydrogen) atoms. The minimum absolute atomic E-state index is 0.135. The largest absolute Gasteiger partial charge is 0.312 e. The molecule has 0 unspecified atom stereocenters. The lowest BCUT2D eigenvalue weighted by atomic mass is 9.89. The number of rotatable bonds is 7. The molecule has 114 valence electrons. The average Bonchev–Trinajstić information content (AvgIpc) is 3.04. The Bertz CT molecular complexity index is 531. The van der Waals surface area contributed by atoms with Gasteiger partial charge in [0, 0.05) is 23.3 Å². The lowest BCUT2D eigenvalue weighted by Gasteiger charge is -2.23. The van der Waals surface area contributed by atoms with Crippen molar-refractivity contribution in [2.24, 2.45) is 5.41 Å². The van der Waals surface area contributed by atoms with Gasteiger partial charge >= 0.3 is 0 Å². The Kier molecular flexibility index (Phi) is 5.23. The van der Waals surface area contributed by atoms with Gasteiger partial charge in [-0.2, -0.15) is 0 Å². The highest BCUT2D eigenvalue weighted by molar-refractivity contribution is 7.89. The minimum Gasteiger partial charge on any atom is -0.312 e. The van der Waals surface area contributed by atoms with E-state index in [-0.39, 0.29) is 5.41 Å². The van der Waals surface area contributed by atoms with Crippen LogP contribution >= 0.6 is 11.3 Å². The van der Waals surface area contributed by atoms with E-state index in [0.29, 0.717) is 11.4 Å². The number of hydrogen-bond donors (Lipinski definition) is 2. The van der Waals surface area contributed by atoms with Gasteiger partial charge in [0.2, 0.25) is 10.0 Å². The fourth-order valence-corrected chi connectivity index (χ4v) is 5.04. The fraction of sp³-hybridized carbons (Fsp3) is 0.714. The van der Waals surface area contributed by atoms with Crippen LogP contribution in [0.5, 0.6) is 0 Å². The smallest absolute Gasteiger partial charge is 0.241 e. The zero-order chi connectivity index (χ0) is 14.6. The van der Waals surface area contributed by atoms with Crippen molar-refractivity contribution in [3.05, 3.63) is 16.3 Å². The van der Waals surface area contributed by atoms with E-state index < -0.39 is 10.0 Å². The highest BCUT2D eigenvalue weighted by Crippen LogP contribution is 2.37. The third kappa shape index (κ3) is 4.04. The third-order valence-electron chi connectivity index (χ3n) is 3.99. The van der Waals surface area contributed by atoms with Crippen molar-refractivity contribution < 1.29 is 8.42 Å². The first-order valence-corrected chi connectivity index (χ1v) is 9.59. The molecule has 0 bridgehead atoms. The molecule has 2 rings (SSSR count). The molecule has 0 amide bonds. The lowest BCUT2D eigenvalue weighted by molar-refractivity contribution is 0.336. The topological polar surface area (TPSA) is 58.2 Å². The van der Waals surface area contributed by atoms with Crippen LogP contribution in [-0.4, -0.2) is 21.5 Å². The molecule has 1 aliphatic rings. The molecule has 2 N–H and O–H groups in total. The molecule has 4 nitrogen and oxygen atoms in total. The Morgan fingerprint density at radius 2 is 2.05 bits per heavy atom. The second-order valence-corrected chi connectivity index (χ2v) is 8.63. The van der Waals surface area contributed by atoms with Gasteiger partial charge in [-0.25, -0.2) is 13.1 Å². The average molecular weight is 316 g/mol. The minimum atomic E-state index is -3.36. The van der Waals surface area contributed by atoms with Crippen LogP contribution in [0.3, 0.4) is 0 Å². The Balaban J connectivity index is 1.97. The summed E-state index contributed by atoms with van der Waals surface area (Å²) in [4.78, 5) is 1.45. The first kappa shape index (κ1) is 15.9. The van der Waals surface area contributed by atoms with E-state index in [1.54, 1.807) is 11.4 Å². The highest BCUT2D eigenvalue weighted by atomic mass is 32.2. The van der Waals surface area contributed by atoms with Gasteiger partial charge in [-0.15, -0.1) is 11.3 Å². The van der Waals surface area contributed by atoms with Crippen LogP contribution in [0.4, 0.5) is 0 Å². The number of hydrogen-bond acceptors (Lipinski definition) is 4. The summed E-state index contributed by atoms with van der Waals surface area (Å²) in [5.41, 5.74) is 0.135. The zero-order valence-electron chi connectivity index (χ0n) is 12.2. The molecule has 1 aromatic rings. The summed E-state index contributed by atoms with van der Waals surface area (Å²) in [5.74, 6) is 0. The molecule has 1 saturated carbocycles. The predicted octanol–water partition coefficient (Wildman–Crippen LogP) is 2.72. The summed E-state index contributed by atoms with van der Waals surface area (Å²) in [7, 11) is -3.36. The molecular weight excluding hydrogens is 292 g/mol. The van der Waals surface area contributed by atoms with Gasteiger partial charge in [-0.1, -0.05) is 26.7 Å². The molecule has 6 heteroatoms. The maximum atomic E-state index is 12.3. The van der Waals surface area contributed by atoms with Gasteiger partial charge in [0.1, 0.15) is 0 Å². The summed E-state index contributed by atoms with van der Waals surface area (Å²) >= 11 is 1.49. The van der Waals surface area contributed by atoms with E-state index in [1.165, 1.54) is 24.2 Å². The van der Waals surface area contributed by atoms with Gasteiger partial charge in [0.25, 0.3) is 0 Å². The van der Waals surface area contributed by atoms with Crippen molar-refractivity contribution in [3.8, 4) is 0 Å². The van der Waals surface area contributed by atoms with E-state index in [4.69, 9.17) is 0 Å². The quantitative estimate of drug-likeness (QED) is 0.813. The maximum Gasteiger partial charge on any atom is 0.241 e. The Labute approximate surface area is 126 Å². The Hall–Kier alpha value is -0.430. The molecule has 0 aromatic carbocycles. The number of thiophene rings is 1. The summed E-state index contributed by atoms with van der Waals surface area (Å²) < 4.78 is 27.4. The SMILES string of the molecule is CCNCc1cc(S(=O)(=O)NCC2(C)CCCC2)cs1. The van der Waals surface area contributed by atoms with Gasteiger partial charge < -0.3 is 5.32 Å². The second kappa shape index (κ2) is 6.56. The van der Waals surface area contributed by atoms with Crippen molar-refractivity contribution in [2.75, 3.05) is 13.1 Å². The number of sulfonamides is 1. The van der Waals surface area contributed by atoms with Gasteiger partial charge in [0.05, 0.1) is 4.90 Å². The van der Waals surface area contributed by atoms with Crippen LogP contribution in [0.2, 0.25) is 0 Å². The molecule has 0 aliphatic heterocycles. The third-order valence-corrected chi connectivity index (χ3v) is 6.46. The predicted molar refractivity (Wildman–Crippen MR) is 83.5 cm³/mol. The van der Waals surface area contributed by atoms with E-state index in [9.17, 15) is 8.42 Å². The van der Waals surface area contributed by atoms with Crippen molar-refractivity contribution in [3.63, 3.8) is 0 Å². The monoisotopic (exact) mass is 316 g/mol. The molecule has 1 heterocycles. The van der Waals surface area contributed by atoms with Crippen LogP contribution in [0.25, 0.3) is 0 Å². The molecule has 0 atom stereocenters. The van der Waals surface area contributed by atoms with Crippen molar-refractivity contribution in [1.82, 2.24) is 10.0 Å². The molecule has 1 aromatic heterocycles. The first-order chi connectivity index (χ1) is 9.45. The van der Waals surface area contributed by atoms with Crippen LogP contribution in [0, 0.1) is 5.41 Å². The summed E-state index contributed by atoms with van der Waals surface area (Å²) in [6, 6.07) is 1.77. The summed E-state index contributed by atoms with van der Waals surface area (Å²) in [5, 5.41) is 4.94. The molecule has 0 saturated heterocycles. The molecule has 1 fully saturated rings. The summed E-state index contributed by atoms with van der Waals surface area (Å²) in [6.45, 7) is 6.38. The van der Waals surface area contributed by atoms with Crippen LogP contribution in [-0.2, 0) is 16.6 Å². The maximum absolute atomic E-state index is 12.3. The van der Waals surface area contributed by atoms with Crippen LogP contribution < -0.4 is 10.0 Å². The molecule has 0 spiro atoms. The highest BCUT2D eigenvalue weighted by Gasteiger charge is 2.30. The molecular formula is C14H24N2O2S2. The van der Waals surface area contributed by atoms with Crippen molar-refractivity contribution in [1.29, 1.82) is 0 Å². The van der Waals surface area contributed by atoms with E-state index in [0.717, 1.165) is 30.8 Å². The Morgan fingerprint density at radius 1 is 1.35 bits per heavy atom. The van der Waals surface area contributed by atoms with Crippen LogP contribution in [0.1, 0.15) is 44.4 Å². The first-order valence-electron chi connectivity index (χ1n) is 7.23. The summed E-state index contributed by atoms with van der Waals surface area (Å²) in [6.07, 6.45) is 4.66. The van der Waals surface area contributed by atoms with Gasteiger partial charge in [-0.3, -0.25) is 0 Å². The van der Waals surface area contributed by atoms with Crippen molar-refractivity contribution in [2.45, 2.75) is 51.0 Å². The van der Waals surface area contributed by atoms with Crippen molar-refractivity contribution >= 4 is 21.4 Å². The lowest BCUT2D eigenvalue weighted by Crippen LogP contribution is -2.33. The zero-order valence-corrected chi connectivity index (χ0v) is 13.9. The fourth-order valence-electron chi connectivity index (χ4n) is 2.60.